The van der Waals surface area contributed by atoms with E-state index >= 15 is 0 Å². The van der Waals surface area contributed by atoms with Gasteiger partial charge < -0.3 is 10.2 Å². The number of nitrogens with one attached hydrogen (secondary N) is 1. The molecule has 1 aliphatic rings. The largest absolute Gasteiger partial charge is 0.315 e. The zero-order valence-corrected chi connectivity index (χ0v) is 13.1. The van der Waals surface area contributed by atoms with E-state index in [4.69, 9.17) is 0 Å². The van der Waals surface area contributed by atoms with Gasteiger partial charge in [-0.3, -0.25) is 0 Å². The molecule has 18 heavy (non-hydrogen) atoms. The van der Waals surface area contributed by atoms with Crippen molar-refractivity contribution in [1.29, 1.82) is 0 Å². The van der Waals surface area contributed by atoms with Crippen LogP contribution in [0.1, 0.15) is 66.2 Å². The summed E-state index contributed by atoms with van der Waals surface area (Å²) in [5, 5.41) is 3.49. The van der Waals surface area contributed by atoms with Gasteiger partial charge in [0.15, 0.2) is 0 Å². The second kappa shape index (κ2) is 8.16. The van der Waals surface area contributed by atoms with Crippen LogP contribution in [0.25, 0.3) is 0 Å². The van der Waals surface area contributed by atoms with Crippen LogP contribution in [-0.2, 0) is 0 Å². The Morgan fingerprint density at radius 1 is 1.11 bits per heavy atom. The van der Waals surface area contributed by atoms with Gasteiger partial charge in [-0.15, -0.1) is 0 Å². The summed E-state index contributed by atoms with van der Waals surface area (Å²) in [4.78, 5) is 2.70. The minimum absolute atomic E-state index is 0.637. The highest BCUT2D eigenvalue weighted by atomic mass is 15.2. The molecule has 0 aromatic carbocycles. The van der Waals surface area contributed by atoms with E-state index in [9.17, 15) is 0 Å². The fourth-order valence-electron chi connectivity index (χ4n) is 3.07. The van der Waals surface area contributed by atoms with Crippen molar-refractivity contribution in [3.05, 3.63) is 0 Å². The highest BCUT2D eigenvalue weighted by Gasteiger charge is 2.34. The van der Waals surface area contributed by atoms with Gasteiger partial charge >= 0.3 is 0 Å². The van der Waals surface area contributed by atoms with E-state index in [1.807, 2.05) is 0 Å². The first-order valence-corrected chi connectivity index (χ1v) is 8.07. The van der Waals surface area contributed by atoms with Gasteiger partial charge in [-0.05, 0) is 57.2 Å². The molecule has 0 atom stereocenters. The number of likely N-dealkylation sites (tertiary alicyclic amines) is 1. The summed E-state index contributed by atoms with van der Waals surface area (Å²) in [5.74, 6) is 0. The summed E-state index contributed by atoms with van der Waals surface area (Å²) in [6.07, 6.45) is 8.23. The molecule has 1 saturated heterocycles. The number of hydrogen-bond acceptors (Lipinski definition) is 2. The quantitative estimate of drug-likeness (QED) is 0.632. The summed E-state index contributed by atoms with van der Waals surface area (Å²) in [6, 6.07) is 0.637. The maximum Gasteiger partial charge on any atom is 0.00382 e. The van der Waals surface area contributed by atoms with Crippen LogP contribution in [0.3, 0.4) is 0 Å². The van der Waals surface area contributed by atoms with E-state index in [2.05, 4.69) is 37.9 Å². The van der Waals surface area contributed by atoms with Crippen LogP contribution in [0.15, 0.2) is 0 Å². The Kier molecular flexibility index (Phi) is 7.25. The first-order valence-electron chi connectivity index (χ1n) is 8.07. The highest BCUT2D eigenvalue weighted by molar-refractivity contribution is 4.87. The van der Waals surface area contributed by atoms with Crippen molar-refractivity contribution in [2.75, 3.05) is 26.2 Å². The lowest BCUT2D eigenvalue weighted by atomic mass is 9.82. The summed E-state index contributed by atoms with van der Waals surface area (Å²) >= 11 is 0. The summed E-state index contributed by atoms with van der Waals surface area (Å²) in [7, 11) is 0. The molecule has 0 aromatic heterocycles. The third kappa shape index (κ3) is 5.27. The number of rotatable bonds is 9. The van der Waals surface area contributed by atoms with E-state index in [1.54, 1.807) is 0 Å². The maximum atomic E-state index is 3.49. The molecule has 1 rings (SSSR count). The van der Waals surface area contributed by atoms with Crippen LogP contribution in [0.2, 0.25) is 0 Å². The van der Waals surface area contributed by atoms with Gasteiger partial charge in [0.05, 0.1) is 0 Å². The van der Waals surface area contributed by atoms with Gasteiger partial charge in [0.1, 0.15) is 0 Å². The smallest absolute Gasteiger partial charge is 0.00382 e. The predicted octanol–water partition coefficient (Wildman–Crippen LogP) is 3.67. The third-order valence-electron chi connectivity index (χ3n) is 4.72. The molecule has 0 aliphatic carbocycles. The minimum atomic E-state index is 0.637. The molecule has 1 fully saturated rings. The topological polar surface area (TPSA) is 15.3 Å². The molecule has 108 valence electrons. The number of nitrogens with zero attached hydrogens (tertiary/aromatic N) is 1. The number of hydrogen-bond donors (Lipinski definition) is 1. The van der Waals surface area contributed by atoms with E-state index in [0.29, 0.717) is 11.5 Å². The van der Waals surface area contributed by atoms with Crippen molar-refractivity contribution in [1.82, 2.24) is 10.2 Å². The first-order chi connectivity index (χ1) is 8.62. The monoisotopic (exact) mass is 254 g/mol. The summed E-state index contributed by atoms with van der Waals surface area (Å²) in [6.45, 7) is 14.4. The number of unbranched alkanes of at least 4 members (excludes halogenated alkanes) is 2. The van der Waals surface area contributed by atoms with Crippen molar-refractivity contribution in [3.8, 4) is 0 Å². The Bertz CT molecular complexity index is 209. The standard InChI is InChI=1S/C16H34N2/c1-5-16(6-2)10-13-18(14-16)12-9-7-8-11-17-15(3)4/h15,17H,5-14H2,1-4H3. The van der Waals surface area contributed by atoms with Crippen molar-refractivity contribution in [2.45, 2.75) is 72.3 Å². The van der Waals surface area contributed by atoms with Gasteiger partial charge in [-0.2, -0.15) is 0 Å². The van der Waals surface area contributed by atoms with Gasteiger partial charge in [-0.1, -0.05) is 34.1 Å². The first kappa shape index (κ1) is 16.0. The molecular weight excluding hydrogens is 220 g/mol. The van der Waals surface area contributed by atoms with Crippen molar-refractivity contribution in [2.24, 2.45) is 5.41 Å². The van der Waals surface area contributed by atoms with Crippen LogP contribution in [0, 0.1) is 5.41 Å². The van der Waals surface area contributed by atoms with Crippen LogP contribution < -0.4 is 5.32 Å². The fraction of sp³-hybridized carbons (Fsp3) is 1.00. The van der Waals surface area contributed by atoms with E-state index in [0.717, 1.165) is 0 Å². The Morgan fingerprint density at radius 3 is 2.39 bits per heavy atom. The van der Waals surface area contributed by atoms with Crippen LogP contribution >= 0.6 is 0 Å². The molecule has 0 bridgehead atoms. The molecule has 0 unspecified atom stereocenters. The van der Waals surface area contributed by atoms with E-state index in [-0.39, 0.29) is 0 Å². The Morgan fingerprint density at radius 2 is 1.83 bits per heavy atom. The highest BCUT2D eigenvalue weighted by Crippen LogP contribution is 2.36. The third-order valence-corrected chi connectivity index (χ3v) is 4.72. The molecular formula is C16H34N2. The minimum Gasteiger partial charge on any atom is -0.315 e. The van der Waals surface area contributed by atoms with Crippen LogP contribution in [0.4, 0.5) is 0 Å². The normalized spacial score (nSPS) is 19.8. The molecule has 2 heteroatoms. The second-order valence-electron chi connectivity index (χ2n) is 6.40. The summed E-state index contributed by atoms with van der Waals surface area (Å²) < 4.78 is 0. The predicted molar refractivity (Wildman–Crippen MR) is 81.1 cm³/mol. The lowest BCUT2D eigenvalue weighted by molar-refractivity contribution is 0.237. The molecule has 0 aromatic rings. The van der Waals surface area contributed by atoms with Crippen molar-refractivity contribution in [3.63, 3.8) is 0 Å². The lowest BCUT2D eigenvalue weighted by Crippen LogP contribution is -2.27. The average molecular weight is 254 g/mol. The zero-order chi connectivity index (χ0) is 13.4. The van der Waals surface area contributed by atoms with E-state index in [1.165, 1.54) is 64.7 Å². The Balaban J connectivity index is 2.04. The molecule has 0 spiro atoms. The van der Waals surface area contributed by atoms with Gasteiger partial charge in [-0.25, -0.2) is 0 Å². The molecule has 2 nitrogen and oxygen atoms in total. The maximum absolute atomic E-state index is 3.49. The van der Waals surface area contributed by atoms with E-state index < -0.39 is 0 Å². The van der Waals surface area contributed by atoms with Gasteiger partial charge in [0.2, 0.25) is 0 Å². The van der Waals surface area contributed by atoms with Crippen molar-refractivity contribution < 1.29 is 0 Å². The molecule has 0 amide bonds. The van der Waals surface area contributed by atoms with Crippen LogP contribution in [-0.4, -0.2) is 37.1 Å². The van der Waals surface area contributed by atoms with Crippen molar-refractivity contribution >= 4 is 0 Å². The molecule has 1 aliphatic heterocycles. The Hall–Kier alpha value is -0.0800. The molecule has 0 radical (unpaired) electrons. The average Bonchev–Trinajstić information content (AvgIpc) is 2.77. The molecule has 0 saturated carbocycles. The summed E-state index contributed by atoms with van der Waals surface area (Å²) in [5.41, 5.74) is 0.652. The SMILES string of the molecule is CCC1(CC)CCN(CCCCCNC(C)C)C1. The molecule has 1 heterocycles. The van der Waals surface area contributed by atoms with Gasteiger partial charge in [0, 0.05) is 12.6 Å². The van der Waals surface area contributed by atoms with Crippen LogP contribution in [0.5, 0.6) is 0 Å². The molecule has 1 N–H and O–H groups in total. The van der Waals surface area contributed by atoms with Gasteiger partial charge in [0.25, 0.3) is 0 Å². The zero-order valence-electron chi connectivity index (χ0n) is 13.1. The fourth-order valence-corrected chi connectivity index (χ4v) is 3.07. The lowest BCUT2D eigenvalue weighted by Gasteiger charge is -2.26. The second-order valence-corrected chi connectivity index (χ2v) is 6.40. The Labute approximate surface area is 115 Å².